The van der Waals surface area contributed by atoms with E-state index < -0.39 is 11.5 Å². The van der Waals surface area contributed by atoms with Crippen molar-refractivity contribution in [2.24, 2.45) is 0 Å². The van der Waals surface area contributed by atoms with Crippen LogP contribution >= 0.6 is 11.8 Å². The van der Waals surface area contributed by atoms with Crippen molar-refractivity contribution >= 4 is 29.2 Å². The minimum atomic E-state index is -0.944. The summed E-state index contributed by atoms with van der Waals surface area (Å²) >= 11 is 1.40. The molecule has 0 unspecified atom stereocenters. The van der Waals surface area contributed by atoms with Crippen molar-refractivity contribution in [3.8, 4) is 0 Å². The van der Waals surface area contributed by atoms with Gasteiger partial charge >= 0.3 is 5.97 Å². The van der Waals surface area contributed by atoms with Gasteiger partial charge in [0.25, 0.3) is 0 Å². The van der Waals surface area contributed by atoms with Crippen LogP contribution in [0.5, 0.6) is 0 Å². The molecule has 1 heterocycles. The van der Waals surface area contributed by atoms with Crippen LogP contribution in [-0.2, 0) is 4.74 Å². The molecule has 7 heteroatoms. The number of morpholine rings is 1. The Hall–Kier alpha value is -2.35. The second kappa shape index (κ2) is 10.5. The molecule has 1 fully saturated rings. The number of hydrogen-bond acceptors (Lipinski definition) is 6. The minimum Gasteiger partial charge on any atom is -0.478 e. The number of anilines is 1. The van der Waals surface area contributed by atoms with Gasteiger partial charge in [0.1, 0.15) is 0 Å². The molecule has 0 saturated carbocycles. The van der Waals surface area contributed by atoms with E-state index in [1.165, 1.54) is 11.8 Å². The maximum Gasteiger partial charge on any atom is 0.336 e. The number of ether oxygens (including phenoxy) is 1. The SMILES string of the molecule is CCN(CC)c1ccc(Sc2ccc(C(=O)C(C)(C)N3CCOCC3)cc2)c(C(=O)O)c1. The summed E-state index contributed by atoms with van der Waals surface area (Å²) < 4.78 is 5.41. The molecule has 2 aromatic carbocycles. The number of hydrogen-bond donors (Lipinski definition) is 1. The second-order valence-corrected chi connectivity index (χ2v) is 9.39. The molecule has 1 aliphatic rings. The molecule has 0 aliphatic carbocycles. The van der Waals surface area contributed by atoms with E-state index in [9.17, 15) is 14.7 Å². The van der Waals surface area contributed by atoms with Gasteiger partial charge in [-0.15, -0.1) is 0 Å². The highest BCUT2D eigenvalue weighted by Gasteiger charge is 2.35. The average Bonchev–Trinajstić information content (AvgIpc) is 2.81. The third kappa shape index (κ3) is 5.34. The van der Waals surface area contributed by atoms with Crippen LogP contribution in [0.25, 0.3) is 0 Å². The first-order valence-corrected chi connectivity index (χ1v) is 11.9. The fourth-order valence-corrected chi connectivity index (χ4v) is 4.90. The van der Waals surface area contributed by atoms with Crippen LogP contribution in [0.3, 0.4) is 0 Å². The molecule has 0 amide bonds. The number of rotatable bonds is 9. The molecular weight excluding hydrogens is 424 g/mol. The number of aromatic carboxylic acids is 1. The highest BCUT2D eigenvalue weighted by molar-refractivity contribution is 7.99. The number of carbonyl (C=O) groups excluding carboxylic acids is 1. The second-order valence-electron chi connectivity index (χ2n) is 8.27. The Morgan fingerprint density at radius 2 is 1.69 bits per heavy atom. The van der Waals surface area contributed by atoms with E-state index in [1.54, 1.807) is 6.07 Å². The summed E-state index contributed by atoms with van der Waals surface area (Å²) in [7, 11) is 0. The van der Waals surface area contributed by atoms with E-state index in [0.717, 1.165) is 36.8 Å². The summed E-state index contributed by atoms with van der Waals surface area (Å²) in [5.74, 6) is -0.869. The normalized spacial score (nSPS) is 14.9. The predicted molar refractivity (Wildman–Crippen MR) is 128 cm³/mol. The van der Waals surface area contributed by atoms with Gasteiger partial charge in [0.15, 0.2) is 5.78 Å². The molecule has 6 nitrogen and oxygen atoms in total. The Balaban J connectivity index is 1.78. The Labute approximate surface area is 194 Å². The first kappa shape index (κ1) is 24.3. The summed E-state index contributed by atoms with van der Waals surface area (Å²) in [5, 5.41) is 9.74. The van der Waals surface area contributed by atoms with Crippen molar-refractivity contribution in [1.82, 2.24) is 4.90 Å². The van der Waals surface area contributed by atoms with Crippen molar-refractivity contribution in [1.29, 1.82) is 0 Å². The Morgan fingerprint density at radius 1 is 1.06 bits per heavy atom. The standard InChI is InChI=1S/C25H32N2O4S/c1-5-26(6-2)19-9-12-22(21(17-19)24(29)30)32-20-10-7-18(8-11-20)23(28)25(3,4)27-13-15-31-16-14-27/h7-12,17H,5-6,13-16H2,1-4H3,(H,29,30). The Morgan fingerprint density at radius 3 is 2.25 bits per heavy atom. The molecule has 0 aromatic heterocycles. The molecule has 0 bridgehead atoms. The van der Waals surface area contributed by atoms with E-state index in [0.29, 0.717) is 23.7 Å². The third-order valence-corrected chi connectivity index (χ3v) is 7.11. The largest absolute Gasteiger partial charge is 0.478 e. The van der Waals surface area contributed by atoms with Crippen molar-refractivity contribution in [2.45, 2.75) is 43.0 Å². The number of carboxylic acids is 1. The lowest BCUT2D eigenvalue weighted by atomic mass is 9.91. The van der Waals surface area contributed by atoms with Gasteiger partial charge < -0.3 is 14.7 Å². The highest BCUT2D eigenvalue weighted by atomic mass is 32.2. The maximum absolute atomic E-state index is 13.2. The van der Waals surface area contributed by atoms with E-state index >= 15 is 0 Å². The molecule has 172 valence electrons. The minimum absolute atomic E-state index is 0.0748. The quantitative estimate of drug-likeness (QED) is 0.550. The van der Waals surface area contributed by atoms with Gasteiger partial charge in [-0.1, -0.05) is 23.9 Å². The van der Waals surface area contributed by atoms with Crippen molar-refractivity contribution in [2.75, 3.05) is 44.3 Å². The van der Waals surface area contributed by atoms with Gasteiger partial charge in [0.2, 0.25) is 0 Å². The van der Waals surface area contributed by atoms with Crippen molar-refractivity contribution in [3.63, 3.8) is 0 Å². The molecule has 1 aliphatic heterocycles. The molecule has 2 aromatic rings. The zero-order chi connectivity index (χ0) is 23.3. The van der Waals surface area contributed by atoms with E-state index in [1.807, 2.05) is 50.2 Å². The van der Waals surface area contributed by atoms with Gasteiger partial charge in [0, 0.05) is 47.2 Å². The van der Waals surface area contributed by atoms with Crippen LogP contribution in [-0.4, -0.2) is 66.7 Å². The van der Waals surface area contributed by atoms with Crippen molar-refractivity contribution < 1.29 is 19.4 Å². The van der Waals surface area contributed by atoms with Gasteiger partial charge in [-0.25, -0.2) is 4.79 Å². The third-order valence-electron chi connectivity index (χ3n) is 6.02. The van der Waals surface area contributed by atoms with Gasteiger partial charge in [-0.2, -0.15) is 0 Å². The molecule has 0 radical (unpaired) electrons. The lowest BCUT2D eigenvalue weighted by Crippen LogP contribution is -2.54. The average molecular weight is 457 g/mol. The zero-order valence-corrected chi connectivity index (χ0v) is 20.1. The monoisotopic (exact) mass is 456 g/mol. The first-order valence-electron chi connectivity index (χ1n) is 11.1. The van der Waals surface area contributed by atoms with E-state index in [4.69, 9.17) is 4.74 Å². The van der Waals surface area contributed by atoms with Crippen LogP contribution in [0.2, 0.25) is 0 Å². The number of nitrogens with zero attached hydrogens (tertiary/aromatic N) is 2. The summed E-state index contributed by atoms with van der Waals surface area (Å²) in [6.07, 6.45) is 0. The van der Waals surface area contributed by atoms with Gasteiger partial charge in [-0.05, 0) is 58.0 Å². The van der Waals surface area contributed by atoms with Crippen LogP contribution < -0.4 is 4.90 Å². The van der Waals surface area contributed by atoms with Crippen molar-refractivity contribution in [3.05, 3.63) is 53.6 Å². The highest BCUT2D eigenvalue weighted by Crippen LogP contribution is 2.33. The molecule has 1 N–H and O–H groups in total. The van der Waals surface area contributed by atoms with Gasteiger partial charge in [-0.3, -0.25) is 9.69 Å². The fraction of sp³-hybridized carbons (Fsp3) is 0.440. The summed E-state index contributed by atoms with van der Waals surface area (Å²) in [6, 6.07) is 13.0. The summed E-state index contributed by atoms with van der Waals surface area (Å²) in [5.41, 5.74) is 1.24. The van der Waals surface area contributed by atoms with Crippen LogP contribution in [0, 0.1) is 0 Å². The predicted octanol–water partition coefficient (Wildman–Crippen LogP) is 4.68. The summed E-state index contributed by atoms with van der Waals surface area (Å²) in [4.78, 5) is 30.9. The Kier molecular flexibility index (Phi) is 7.98. The fourth-order valence-electron chi connectivity index (χ4n) is 3.98. The zero-order valence-electron chi connectivity index (χ0n) is 19.3. The molecule has 1 saturated heterocycles. The van der Waals surface area contributed by atoms with E-state index in [2.05, 4.69) is 23.6 Å². The number of carbonyl (C=O) groups is 2. The number of Topliss-reactive ketones (excluding diaryl/α,β-unsaturated/α-hetero) is 1. The Bertz CT molecular complexity index is 949. The lowest BCUT2D eigenvalue weighted by Gasteiger charge is -2.39. The maximum atomic E-state index is 13.2. The number of carboxylic acid groups (broad SMARTS) is 1. The molecular formula is C25H32N2O4S. The molecule has 0 spiro atoms. The molecule has 32 heavy (non-hydrogen) atoms. The van der Waals surface area contributed by atoms with Crippen LogP contribution in [0.4, 0.5) is 5.69 Å². The van der Waals surface area contributed by atoms with Crippen LogP contribution in [0.15, 0.2) is 52.3 Å². The first-order chi connectivity index (χ1) is 15.3. The lowest BCUT2D eigenvalue weighted by molar-refractivity contribution is -0.00430. The van der Waals surface area contributed by atoms with Gasteiger partial charge in [0.05, 0.1) is 24.3 Å². The smallest absolute Gasteiger partial charge is 0.336 e. The topological polar surface area (TPSA) is 70.1 Å². The number of benzene rings is 2. The van der Waals surface area contributed by atoms with Crippen LogP contribution in [0.1, 0.15) is 48.4 Å². The molecule has 0 atom stereocenters. The molecule has 3 rings (SSSR count). The van der Waals surface area contributed by atoms with E-state index in [-0.39, 0.29) is 11.3 Å². The summed E-state index contributed by atoms with van der Waals surface area (Å²) in [6.45, 7) is 12.4. The number of ketones is 1.